The maximum atomic E-state index is 12.3. The summed E-state index contributed by atoms with van der Waals surface area (Å²) in [6.45, 7) is 1.90. The first-order chi connectivity index (χ1) is 9.90. The number of halogens is 2. The lowest BCUT2D eigenvalue weighted by atomic mass is 10.1. The van der Waals surface area contributed by atoms with E-state index < -0.39 is 4.92 Å². The van der Waals surface area contributed by atoms with Gasteiger partial charge in [0.05, 0.1) is 10.5 Å². The van der Waals surface area contributed by atoms with E-state index in [4.69, 9.17) is 0 Å². The fraction of sp³-hybridized carbons (Fsp3) is 0.0714. The molecule has 0 atom stereocenters. The van der Waals surface area contributed by atoms with Gasteiger partial charge in [0.2, 0.25) is 0 Å². The van der Waals surface area contributed by atoms with Gasteiger partial charge in [-0.25, -0.2) is 0 Å². The summed E-state index contributed by atoms with van der Waals surface area (Å²) >= 11 is 5.27. The Kier molecular flexibility index (Phi) is 4.94. The number of hydrogen-bond donors (Lipinski definition) is 1. The maximum Gasteiger partial charge on any atom is 0.293 e. The Morgan fingerprint density at radius 1 is 1.33 bits per heavy atom. The minimum atomic E-state index is -0.526. The van der Waals surface area contributed by atoms with Crippen molar-refractivity contribution in [3.8, 4) is 0 Å². The average Bonchev–Trinajstić information content (AvgIpc) is 2.43. The molecule has 5 nitrogen and oxygen atoms in total. The number of carbonyl (C=O) groups is 1. The molecule has 0 spiro atoms. The van der Waals surface area contributed by atoms with Crippen molar-refractivity contribution in [2.75, 3.05) is 5.32 Å². The van der Waals surface area contributed by atoms with Gasteiger partial charge in [0.25, 0.3) is 11.6 Å². The van der Waals surface area contributed by atoms with E-state index in [0.29, 0.717) is 10.0 Å². The lowest BCUT2D eigenvalue weighted by molar-refractivity contribution is -0.384. The van der Waals surface area contributed by atoms with Gasteiger partial charge in [0.1, 0.15) is 5.69 Å². The number of carbonyl (C=O) groups excluding carboxylic acids is 1. The summed E-state index contributed by atoms with van der Waals surface area (Å²) in [6, 6.07) is 9.88. The zero-order chi connectivity index (χ0) is 15.6. The van der Waals surface area contributed by atoms with Gasteiger partial charge in [-0.3, -0.25) is 14.9 Å². The van der Waals surface area contributed by atoms with E-state index in [1.807, 2.05) is 13.0 Å². The van der Waals surface area contributed by atoms with Crippen molar-refractivity contribution in [1.29, 1.82) is 0 Å². The van der Waals surface area contributed by atoms with E-state index in [9.17, 15) is 14.9 Å². The highest BCUT2D eigenvalue weighted by Gasteiger charge is 2.18. The lowest BCUT2D eigenvalue weighted by Gasteiger charge is -2.09. The number of hydrogen-bond acceptors (Lipinski definition) is 3. The Hall–Kier alpha value is -1.48. The van der Waals surface area contributed by atoms with Crippen molar-refractivity contribution < 1.29 is 9.72 Å². The van der Waals surface area contributed by atoms with Crippen molar-refractivity contribution >= 4 is 55.8 Å². The molecule has 2 aromatic rings. The second-order valence-corrected chi connectivity index (χ2v) is 6.30. The molecular weight excluding hydrogens is 451 g/mol. The van der Waals surface area contributed by atoms with Crippen molar-refractivity contribution in [2.45, 2.75) is 6.92 Å². The molecule has 21 heavy (non-hydrogen) atoms. The van der Waals surface area contributed by atoms with E-state index in [-0.39, 0.29) is 17.3 Å². The predicted molar refractivity (Wildman–Crippen MR) is 92.6 cm³/mol. The SMILES string of the molecule is Cc1cccc(C(=O)Nc2ccc(Br)cc2[N+](=O)[O-])c1I. The van der Waals surface area contributed by atoms with Crippen LogP contribution in [0.1, 0.15) is 15.9 Å². The Morgan fingerprint density at radius 2 is 2.05 bits per heavy atom. The number of nitrogens with one attached hydrogen (secondary N) is 1. The number of amides is 1. The minimum absolute atomic E-state index is 0.152. The molecule has 0 aliphatic rings. The molecule has 0 aliphatic carbocycles. The third kappa shape index (κ3) is 3.59. The highest BCUT2D eigenvalue weighted by molar-refractivity contribution is 14.1. The van der Waals surface area contributed by atoms with Gasteiger partial charge in [0.15, 0.2) is 0 Å². The monoisotopic (exact) mass is 460 g/mol. The molecule has 0 saturated heterocycles. The predicted octanol–water partition coefficient (Wildman–Crippen LogP) is 4.52. The molecule has 2 aromatic carbocycles. The van der Waals surface area contributed by atoms with Crippen LogP contribution in [0, 0.1) is 20.6 Å². The molecule has 1 amide bonds. The summed E-state index contributed by atoms with van der Waals surface area (Å²) in [7, 11) is 0. The summed E-state index contributed by atoms with van der Waals surface area (Å²) in [6.07, 6.45) is 0. The lowest BCUT2D eigenvalue weighted by Crippen LogP contribution is -2.15. The van der Waals surface area contributed by atoms with Gasteiger partial charge >= 0.3 is 0 Å². The van der Waals surface area contributed by atoms with Crippen LogP contribution in [0.25, 0.3) is 0 Å². The number of rotatable bonds is 3. The molecule has 1 N–H and O–H groups in total. The molecule has 0 heterocycles. The van der Waals surface area contributed by atoms with Crippen molar-refractivity contribution in [2.24, 2.45) is 0 Å². The first-order valence-corrected chi connectivity index (χ1v) is 7.77. The standard InChI is InChI=1S/C14H10BrIN2O3/c1-8-3-2-4-10(13(8)16)14(19)17-11-6-5-9(15)7-12(11)18(20)21/h2-7H,1H3,(H,17,19). The summed E-state index contributed by atoms with van der Waals surface area (Å²) in [5, 5.41) is 13.6. The van der Waals surface area contributed by atoms with Crippen molar-refractivity contribution in [3.63, 3.8) is 0 Å². The van der Waals surface area contributed by atoms with Gasteiger partial charge in [-0.15, -0.1) is 0 Å². The Balaban J connectivity index is 2.36. The molecule has 0 aliphatic heterocycles. The quantitative estimate of drug-likeness (QED) is 0.415. The van der Waals surface area contributed by atoms with Crippen LogP contribution in [-0.2, 0) is 0 Å². The van der Waals surface area contributed by atoms with Gasteiger partial charge in [-0.1, -0.05) is 28.1 Å². The van der Waals surface area contributed by atoms with Crippen LogP contribution in [0.5, 0.6) is 0 Å². The van der Waals surface area contributed by atoms with Crippen LogP contribution >= 0.6 is 38.5 Å². The number of nitro benzene ring substituents is 1. The summed E-state index contributed by atoms with van der Waals surface area (Å²) < 4.78 is 1.41. The summed E-state index contributed by atoms with van der Waals surface area (Å²) in [5.41, 5.74) is 1.49. The number of nitro groups is 1. The average molecular weight is 461 g/mol. The molecule has 0 aromatic heterocycles. The van der Waals surface area contributed by atoms with Crippen LogP contribution in [0.2, 0.25) is 0 Å². The Bertz CT molecular complexity index is 734. The van der Waals surface area contributed by atoms with E-state index in [1.165, 1.54) is 12.1 Å². The van der Waals surface area contributed by atoms with Crippen LogP contribution in [0.3, 0.4) is 0 Å². The molecule has 108 valence electrons. The van der Waals surface area contributed by atoms with Crippen LogP contribution < -0.4 is 5.32 Å². The van der Waals surface area contributed by atoms with Gasteiger partial charge in [-0.2, -0.15) is 0 Å². The number of aryl methyl sites for hydroxylation is 1. The highest BCUT2D eigenvalue weighted by Crippen LogP contribution is 2.29. The fourth-order valence-corrected chi connectivity index (χ4v) is 2.73. The smallest absolute Gasteiger partial charge is 0.293 e. The molecule has 0 radical (unpaired) electrons. The molecule has 2 rings (SSSR count). The number of nitrogens with zero attached hydrogens (tertiary/aromatic N) is 1. The molecule has 0 fully saturated rings. The second-order valence-electron chi connectivity index (χ2n) is 4.31. The number of anilines is 1. The van der Waals surface area contributed by atoms with Gasteiger partial charge in [0, 0.05) is 14.1 Å². The molecular formula is C14H10BrIN2O3. The highest BCUT2D eigenvalue weighted by atomic mass is 127. The minimum Gasteiger partial charge on any atom is -0.316 e. The molecule has 0 unspecified atom stereocenters. The molecule has 0 bridgehead atoms. The van der Waals surface area contributed by atoms with Crippen LogP contribution in [-0.4, -0.2) is 10.8 Å². The fourth-order valence-electron chi connectivity index (χ4n) is 1.77. The first-order valence-electron chi connectivity index (χ1n) is 5.90. The third-order valence-electron chi connectivity index (χ3n) is 2.84. The molecule has 0 saturated carbocycles. The van der Waals surface area contributed by atoms with Crippen LogP contribution in [0.4, 0.5) is 11.4 Å². The Labute approximate surface area is 143 Å². The third-order valence-corrected chi connectivity index (χ3v) is 4.77. The molecule has 7 heteroatoms. The van der Waals surface area contributed by atoms with E-state index >= 15 is 0 Å². The van der Waals surface area contributed by atoms with Crippen molar-refractivity contribution in [3.05, 3.63) is 65.7 Å². The van der Waals surface area contributed by atoms with Gasteiger partial charge in [-0.05, 0) is 53.3 Å². The van der Waals surface area contributed by atoms with Crippen LogP contribution in [0.15, 0.2) is 40.9 Å². The topological polar surface area (TPSA) is 72.2 Å². The summed E-state index contributed by atoms with van der Waals surface area (Å²) in [4.78, 5) is 22.8. The van der Waals surface area contributed by atoms with E-state index in [0.717, 1.165) is 9.13 Å². The number of benzene rings is 2. The normalized spacial score (nSPS) is 10.2. The largest absolute Gasteiger partial charge is 0.316 e. The summed E-state index contributed by atoms with van der Waals surface area (Å²) in [5.74, 6) is -0.367. The first kappa shape index (κ1) is 15.9. The van der Waals surface area contributed by atoms with Crippen molar-refractivity contribution in [1.82, 2.24) is 0 Å². The maximum absolute atomic E-state index is 12.3. The Morgan fingerprint density at radius 3 is 2.71 bits per heavy atom. The van der Waals surface area contributed by atoms with Gasteiger partial charge < -0.3 is 5.32 Å². The zero-order valence-electron chi connectivity index (χ0n) is 10.9. The van der Waals surface area contributed by atoms with E-state index in [2.05, 4.69) is 43.8 Å². The zero-order valence-corrected chi connectivity index (χ0v) is 14.6. The second kappa shape index (κ2) is 6.52. The van der Waals surface area contributed by atoms with E-state index in [1.54, 1.807) is 18.2 Å².